The van der Waals surface area contributed by atoms with Gasteiger partial charge in [0.15, 0.2) is 23.9 Å². The Bertz CT molecular complexity index is 1270. The van der Waals surface area contributed by atoms with Gasteiger partial charge in [0.2, 0.25) is 6.79 Å². The Morgan fingerprint density at radius 1 is 0.912 bits per heavy atom. The van der Waals surface area contributed by atoms with Crippen LogP contribution >= 0.6 is 0 Å². The number of carbonyl (C=O) groups is 3. The number of fused-ring (bicyclic) bond motifs is 1. The van der Waals surface area contributed by atoms with Gasteiger partial charge in [-0.15, -0.1) is 0 Å². The summed E-state index contributed by atoms with van der Waals surface area (Å²) in [4.78, 5) is 38.2. The molecule has 4 rings (SSSR count). The Labute approximate surface area is 197 Å². The van der Waals surface area contributed by atoms with Crippen molar-refractivity contribution in [2.24, 2.45) is 0 Å². The highest BCUT2D eigenvalue weighted by Crippen LogP contribution is 2.34. The van der Waals surface area contributed by atoms with E-state index in [1.165, 1.54) is 6.07 Å². The van der Waals surface area contributed by atoms with Gasteiger partial charge in [-0.25, -0.2) is 4.79 Å². The molecule has 0 saturated heterocycles. The topological polar surface area (TPSA) is 90.9 Å². The molecule has 1 amide bonds. The average molecular weight is 459 g/mol. The van der Waals surface area contributed by atoms with Crippen LogP contribution in [0.15, 0.2) is 60.7 Å². The molecular weight excluding hydrogens is 434 g/mol. The minimum Gasteiger partial charge on any atom is -0.454 e. The summed E-state index contributed by atoms with van der Waals surface area (Å²) in [6.07, 6.45) is 0. The third-order valence-corrected chi connectivity index (χ3v) is 5.77. The number of ketones is 1. The van der Waals surface area contributed by atoms with Crippen LogP contribution in [-0.4, -0.2) is 31.1 Å². The molecule has 0 saturated carbocycles. The second-order valence-electron chi connectivity index (χ2n) is 8.15. The molecule has 1 unspecified atom stereocenters. The van der Waals surface area contributed by atoms with Crippen molar-refractivity contribution < 1.29 is 28.6 Å². The molecule has 0 bridgehead atoms. The molecule has 1 heterocycles. The molecule has 0 aromatic heterocycles. The summed E-state index contributed by atoms with van der Waals surface area (Å²) >= 11 is 0. The van der Waals surface area contributed by atoms with Crippen molar-refractivity contribution in [1.29, 1.82) is 0 Å². The minimum atomic E-state index is -0.737. The molecule has 1 aliphatic rings. The first kappa shape index (κ1) is 23.0. The smallest absolute Gasteiger partial charge is 0.339 e. The van der Waals surface area contributed by atoms with E-state index in [1.54, 1.807) is 42.5 Å². The van der Waals surface area contributed by atoms with Gasteiger partial charge in [0.25, 0.3) is 5.91 Å². The molecule has 34 heavy (non-hydrogen) atoms. The summed E-state index contributed by atoms with van der Waals surface area (Å²) in [5, 5.41) is 2.79. The van der Waals surface area contributed by atoms with Crippen molar-refractivity contribution in [2.45, 2.75) is 26.8 Å². The van der Waals surface area contributed by atoms with Crippen LogP contribution < -0.4 is 14.8 Å². The van der Waals surface area contributed by atoms with E-state index in [0.29, 0.717) is 17.1 Å². The lowest BCUT2D eigenvalue weighted by Crippen LogP contribution is -2.31. The van der Waals surface area contributed by atoms with Gasteiger partial charge in [0, 0.05) is 11.1 Å². The Kier molecular flexibility index (Phi) is 6.63. The van der Waals surface area contributed by atoms with Gasteiger partial charge in [0.05, 0.1) is 11.6 Å². The molecule has 1 N–H and O–H groups in total. The number of benzene rings is 3. The first-order valence-electron chi connectivity index (χ1n) is 10.9. The van der Waals surface area contributed by atoms with Crippen LogP contribution in [0.2, 0.25) is 0 Å². The lowest BCUT2D eigenvalue weighted by Gasteiger charge is -2.15. The van der Waals surface area contributed by atoms with Crippen LogP contribution in [0, 0.1) is 13.8 Å². The molecular formula is C27H25NO6. The molecule has 0 fully saturated rings. The van der Waals surface area contributed by atoms with Crippen molar-refractivity contribution in [2.75, 3.05) is 13.4 Å². The lowest BCUT2D eigenvalue weighted by molar-refractivity contribution is -0.124. The van der Waals surface area contributed by atoms with Gasteiger partial charge in [-0.3, -0.25) is 9.59 Å². The van der Waals surface area contributed by atoms with E-state index in [-0.39, 0.29) is 29.7 Å². The van der Waals surface area contributed by atoms with Crippen LogP contribution in [-0.2, 0) is 9.53 Å². The van der Waals surface area contributed by atoms with E-state index in [1.807, 2.05) is 32.9 Å². The predicted octanol–water partition coefficient (Wildman–Crippen LogP) is 4.30. The predicted molar refractivity (Wildman–Crippen MR) is 125 cm³/mol. The summed E-state index contributed by atoms with van der Waals surface area (Å²) in [6.45, 7) is 5.40. The monoisotopic (exact) mass is 459 g/mol. The molecule has 1 aliphatic heterocycles. The first-order valence-corrected chi connectivity index (χ1v) is 10.9. The number of ether oxygens (including phenoxy) is 3. The van der Waals surface area contributed by atoms with Crippen molar-refractivity contribution in [3.63, 3.8) is 0 Å². The molecule has 7 nitrogen and oxygen atoms in total. The number of carbonyl (C=O) groups excluding carboxylic acids is 3. The van der Waals surface area contributed by atoms with Crippen molar-refractivity contribution in [3.05, 3.63) is 94.0 Å². The van der Waals surface area contributed by atoms with Gasteiger partial charge >= 0.3 is 5.97 Å². The minimum absolute atomic E-state index is 0.113. The maximum absolute atomic E-state index is 13.1. The summed E-state index contributed by atoms with van der Waals surface area (Å²) < 4.78 is 15.9. The van der Waals surface area contributed by atoms with Crippen molar-refractivity contribution in [3.8, 4) is 11.5 Å². The van der Waals surface area contributed by atoms with Gasteiger partial charge < -0.3 is 19.5 Å². The molecule has 1 atom stereocenters. The molecule has 3 aromatic carbocycles. The van der Waals surface area contributed by atoms with E-state index in [9.17, 15) is 14.4 Å². The van der Waals surface area contributed by atoms with Crippen molar-refractivity contribution >= 4 is 17.7 Å². The number of esters is 1. The van der Waals surface area contributed by atoms with E-state index < -0.39 is 18.5 Å². The third kappa shape index (κ3) is 4.93. The van der Waals surface area contributed by atoms with Crippen molar-refractivity contribution in [1.82, 2.24) is 5.32 Å². The summed E-state index contributed by atoms with van der Waals surface area (Å²) in [5.74, 6) is -0.202. The second-order valence-corrected chi connectivity index (χ2v) is 8.15. The Morgan fingerprint density at radius 3 is 2.41 bits per heavy atom. The van der Waals surface area contributed by atoms with Crippen LogP contribution in [0.25, 0.3) is 0 Å². The normalized spacial score (nSPS) is 12.7. The highest BCUT2D eigenvalue weighted by atomic mass is 16.7. The van der Waals surface area contributed by atoms with Crippen LogP contribution in [0.3, 0.4) is 0 Å². The highest BCUT2D eigenvalue weighted by molar-refractivity contribution is 6.14. The molecule has 0 aliphatic carbocycles. The Balaban J connectivity index is 1.40. The fourth-order valence-electron chi connectivity index (χ4n) is 3.66. The zero-order valence-corrected chi connectivity index (χ0v) is 19.2. The standard InChI is InChI=1S/C27H25NO6/c1-16-8-9-20(12-17(16)2)26(30)21-6-4-5-7-22(21)27(31)32-14-25(29)28-18(3)19-10-11-23-24(13-19)34-15-33-23/h4-13,18H,14-15H2,1-3H3,(H,28,29). The summed E-state index contributed by atoms with van der Waals surface area (Å²) in [6, 6.07) is 16.9. The van der Waals surface area contributed by atoms with Gasteiger partial charge in [0.1, 0.15) is 0 Å². The summed E-state index contributed by atoms with van der Waals surface area (Å²) in [7, 11) is 0. The van der Waals surface area contributed by atoms with Crippen LogP contribution in [0.5, 0.6) is 11.5 Å². The van der Waals surface area contributed by atoms with Gasteiger partial charge in [-0.05, 0) is 61.7 Å². The van der Waals surface area contributed by atoms with Gasteiger partial charge in [-0.1, -0.05) is 36.4 Å². The maximum Gasteiger partial charge on any atom is 0.339 e. The van der Waals surface area contributed by atoms with E-state index in [2.05, 4.69) is 5.32 Å². The molecule has 7 heteroatoms. The number of aryl methyl sites for hydroxylation is 2. The molecule has 0 spiro atoms. The number of hydrogen-bond donors (Lipinski definition) is 1. The number of amides is 1. The van der Waals surface area contributed by atoms with E-state index in [4.69, 9.17) is 14.2 Å². The second kappa shape index (κ2) is 9.79. The highest BCUT2D eigenvalue weighted by Gasteiger charge is 2.21. The fraction of sp³-hybridized carbons (Fsp3) is 0.222. The Morgan fingerprint density at radius 2 is 1.65 bits per heavy atom. The average Bonchev–Trinajstić information content (AvgIpc) is 3.32. The lowest BCUT2D eigenvalue weighted by atomic mass is 9.96. The molecule has 0 radical (unpaired) electrons. The third-order valence-electron chi connectivity index (χ3n) is 5.77. The van der Waals surface area contributed by atoms with Crippen LogP contribution in [0.4, 0.5) is 0 Å². The number of nitrogens with one attached hydrogen (secondary N) is 1. The van der Waals surface area contributed by atoms with E-state index in [0.717, 1.165) is 16.7 Å². The van der Waals surface area contributed by atoms with E-state index >= 15 is 0 Å². The first-order chi connectivity index (χ1) is 16.3. The zero-order chi connectivity index (χ0) is 24.2. The molecule has 174 valence electrons. The van der Waals surface area contributed by atoms with Crippen LogP contribution in [0.1, 0.15) is 55.9 Å². The SMILES string of the molecule is Cc1ccc(C(=O)c2ccccc2C(=O)OCC(=O)NC(C)c2ccc3c(c2)OCO3)cc1C. The number of rotatable bonds is 7. The quantitative estimate of drug-likeness (QED) is 0.419. The maximum atomic E-state index is 13.1. The zero-order valence-electron chi connectivity index (χ0n) is 19.2. The largest absolute Gasteiger partial charge is 0.454 e. The van der Waals surface area contributed by atoms with Gasteiger partial charge in [-0.2, -0.15) is 0 Å². The summed E-state index contributed by atoms with van der Waals surface area (Å²) in [5.41, 5.74) is 3.71. The Hall–Kier alpha value is -4.13. The fourth-order valence-corrected chi connectivity index (χ4v) is 3.66. The molecule has 3 aromatic rings. The number of hydrogen-bond acceptors (Lipinski definition) is 6.